The average molecular weight is 246 g/mol. The molecule has 2 heteroatoms. The second kappa shape index (κ2) is 8.47. The lowest BCUT2D eigenvalue weighted by Crippen LogP contribution is -2.00. The number of hydrogen-bond donors (Lipinski definition) is 0. The summed E-state index contributed by atoms with van der Waals surface area (Å²) in [6.07, 6.45) is 9.78. The van der Waals surface area contributed by atoms with E-state index in [1.807, 2.05) is 18.2 Å². The van der Waals surface area contributed by atoms with Crippen LogP contribution in [0.25, 0.3) is 0 Å². The molecule has 0 bridgehead atoms. The molecule has 1 aromatic rings. The van der Waals surface area contributed by atoms with E-state index in [1.165, 1.54) is 0 Å². The molecular formula is C16H22O2. The van der Waals surface area contributed by atoms with Crippen molar-refractivity contribution < 1.29 is 9.47 Å². The lowest BCUT2D eigenvalue weighted by molar-refractivity contribution is 0.293. The molecule has 0 amide bonds. The Labute approximate surface area is 110 Å². The van der Waals surface area contributed by atoms with E-state index in [0.29, 0.717) is 6.61 Å². The van der Waals surface area contributed by atoms with Gasteiger partial charge in [-0.25, -0.2) is 0 Å². The van der Waals surface area contributed by atoms with Crippen LogP contribution in [-0.4, -0.2) is 13.2 Å². The quantitative estimate of drug-likeness (QED) is 0.509. The zero-order valence-electron chi connectivity index (χ0n) is 11.4. The standard InChI is InChI=1S/C16H22O2/c1-4-7-11-17-15-10-9-14(6-3)16(13-15)18-12-8-5-2/h3,9-10,13H,4-5,7-8,11-12H2,1-2H3. The third-order valence-corrected chi connectivity index (χ3v) is 2.63. The van der Waals surface area contributed by atoms with E-state index >= 15 is 0 Å². The van der Waals surface area contributed by atoms with Gasteiger partial charge in [-0.05, 0) is 25.0 Å². The third-order valence-electron chi connectivity index (χ3n) is 2.63. The van der Waals surface area contributed by atoms with Crippen molar-refractivity contribution in [2.75, 3.05) is 13.2 Å². The summed E-state index contributed by atoms with van der Waals surface area (Å²) >= 11 is 0. The van der Waals surface area contributed by atoms with Gasteiger partial charge in [-0.2, -0.15) is 0 Å². The summed E-state index contributed by atoms with van der Waals surface area (Å²) in [6.45, 7) is 5.71. The van der Waals surface area contributed by atoms with Gasteiger partial charge in [-0.1, -0.05) is 32.6 Å². The highest BCUT2D eigenvalue weighted by atomic mass is 16.5. The highest BCUT2D eigenvalue weighted by molar-refractivity contribution is 5.48. The molecule has 0 atom stereocenters. The van der Waals surface area contributed by atoms with Gasteiger partial charge in [0.1, 0.15) is 11.5 Å². The van der Waals surface area contributed by atoms with Crippen molar-refractivity contribution in [1.29, 1.82) is 0 Å². The third kappa shape index (κ3) is 4.71. The smallest absolute Gasteiger partial charge is 0.138 e. The second-order valence-corrected chi connectivity index (χ2v) is 4.21. The number of rotatable bonds is 8. The summed E-state index contributed by atoms with van der Waals surface area (Å²) in [5.41, 5.74) is 0.786. The van der Waals surface area contributed by atoms with E-state index in [0.717, 1.165) is 49.4 Å². The maximum atomic E-state index is 5.69. The number of unbranched alkanes of at least 4 members (excludes halogenated alkanes) is 2. The number of ether oxygens (including phenoxy) is 2. The van der Waals surface area contributed by atoms with Gasteiger partial charge in [0.25, 0.3) is 0 Å². The minimum Gasteiger partial charge on any atom is -0.493 e. The Bertz CT molecular complexity index is 391. The van der Waals surface area contributed by atoms with Gasteiger partial charge < -0.3 is 9.47 Å². The minimum atomic E-state index is 0.698. The maximum absolute atomic E-state index is 5.69. The van der Waals surface area contributed by atoms with Gasteiger partial charge in [0, 0.05) is 6.07 Å². The highest BCUT2D eigenvalue weighted by Gasteiger charge is 2.04. The Morgan fingerprint density at radius 3 is 2.33 bits per heavy atom. The van der Waals surface area contributed by atoms with Gasteiger partial charge in [-0.15, -0.1) is 6.42 Å². The molecule has 2 nitrogen and oxygen atoms in total. The predicted octanol–water partition coefficient (Wildman–Crippen LogP) is 4.03. The van der Waals surface area contributed by atoms with Crippen LogP contribution < -0.4 is 9.47 Å². The van der Waals surface area contributed by atoms with Crippen LogP contribution in [0.3, 0.4) is 0 Å². The summed E-state index contributed by atoms with van der Waals surface area (Å²) < 4.78 is 11.3. The predicted molar refractivity (Wildman–Crippen MR) is 75.2 cm³/mol. The molecule has 0 saturated heterocycles. The molecule has 0 fully saturated rings. The zero-order chi connectivity index (χ0) is 13.2. The van der Waals surface area contributed by atoms with E-state index in [1.54, 1.807) is 0 Å². The lowest BCUT2D eigenvalue weighted by atomic mass is 10.2. The fourth-order valence-electron chi connectivity index (χ4n) is 1.49. The largest absolute Gasteiger partial charge is 0.493 e. The number of hydrogen-bond acceptors (Lipinski definition) is 2. The van der Waals surface area contributed by atoms with Crippen molar-refractivity contribution in [2.45, 2.75) is 39.5 Å². The summed E-state index contributed by atoms with van der Waals surface area (Å²) in [6, 6.07) is 5.67. The van der Waals surface area contributed by atoms with Crippen LogP contribution in [0.4, 0.5) is 0 Å². The molecular weight excluding hydrogens is 224 g/mol. The Kier molecular flexibility index (Phi) is 6.79. The molecule has 0 unspecified atom stereocenters. The van der Waals surface area contributed by atoms with Crippen LogP contribution in [0.15, 0.2) is 18.2 Å². The normalized spacial score (nSPS) is 9.83. The topological polar surface area (TPSA) is 18.5 Å². The molecule has 0 aromatic heterocycles. The summed E-state index contributed by atoms with van der Waals surface area (Å²) in [7, 11) is 0. The molecule has 0 N–H and O–H groups in total. The fourth-order valence-corrected chi connectivity index (χ4v) is 1.49. The molecule has 18 heavy (non-hydrogen) atoms. The maximum Gasteiger partial charge on any atom is 0.138 e. The van der Waals surface area contributed by atoms with Crippen LogP contribution in [0.2, 0.25) is 0 Å². The van der Waals surface area contributed by atoms with Gasteiger partial charge in [0.15, 0.2) is 0 Å². The van der Waals surface area contributed by atoms with E-state index in [-0.39, 0.29) is 0 Å². The Hall–Kier alpha value is -1.62. The van der Waals surface area contributed by atoms with Gasteiger partial charge in [-0.3, -0.25) is 0 Å². The van der Waals surface area contributed by atoms with E-state index < -0.39 is 0 Å². The summed E-state index contributed by atoms with van der Waals surface area (Å²) in [5, 5.41) is 0. The fraction of sp³-hybridized carbons (Fsp3) is 0.500. The molecule has 98 valence electrons. The summed E-state index contributed by atoms with van der Waals surface area (Å²) in [5.74, 6) is 4.21. The Balaban J connectivity index is 2.66. The number of terminal acetylenes is 1. The van der Waals surface area contributed by atoms with Crippen molar-refractivity contribution in [3.63, 3.8) is 0 Å². The van der Waals surface area contributed by atoms with Crippen molar-refractivity contribution in [3.05, 3.63) is 23.8 Å². The molecule has 0 saturated carbocycles. The first kappa shape index (κ1) is 14.4. The Morgan fingerprint density at radius 2 is 1.72 bits per heavy atom. The van der Waals surface area contributed by atoms with Gasteiger partial charge in [0.2, 0.25) is 0 Å². The first-order chi connectivity index (χ1) is 8.81. The number of benzene rings is 1. The molecule has 1 rings (SSSR count). The molecule has 0 heterocycles. The molecule has 1 aromatic carbocycles. The van der Waals surface area contributed by atoms with Gasteiger partial charge in [0.05, 0.1) is 18.8 Å². The van der Waals surface area contributed by atoms with Crippen LogP contribution in [0.5, 0.6) is 11.5 Å². The van der Waals surface area contributed by atoms with E-state index in [4.69, 9.17) is 15.9 Å². The first-order valence-electron chi connectivity index (χ1n) is 6.68. The Morgan fingerprint density at radius 1 is 1.06 bits per heavy atom. The monoisotopic (exact) mass is 246 g/mol. The second-order valence-electron chi connectivity index (χ2n) is 4.21. The van der Waals surface area contributed by atoms with Crippen LogP contribution in [-0.2, 0) is 0 Å². The van der Waals surface area contributed by atoms with Crippen LogP contribution in [0.1, 0.15) is 45.1 Å². The molecule has 0 aliphatic heterocycles. The molecule has 0 radical (unpaired) electrons. The minimum absolute atomic E-state index is 0.698. The van der Waals surface area contributed by atoms with Crippen molar-refractivity contribution in [2.24, 2.45) is 0 Å². The SMILES string of the molecule is C#Cc1ccc(OCCCC)cc1OCCCC. The lowest BCUT2D eigenvalue weighted by Gasteiger charge is -2.11. The van der Waals surface area contributed by atoms with Gasteiger partial charge >= 0.3 is 0 Å². The van der Waals surface area contributed by atoms with Crippen molar-refractivity contribution >= 4 is 0 Å². The zero-order valence-corrected chi connectivity index (χ0v) is 11.4. The summed E-state index contributed by atoms with van der Waals surface area (Å²) in [4.78, 5) is 0. The van der Waals surface area contributed by atoms with Crippen LogP contribution >= 0.6 is 0 Å². The van der Waals surface area contributed by atoms with Crippen LogP contribution in [0, 0.1) is 12.3 Å². The first-order valence-corrected chi connectivity index (χ1v) is 6.68. The highest BCUT2D eigenvalue weighted by Crippen LogP contribution is 2.24. The molecule has 0 aliphatic carbocycles. The molecule has 0 spiro atoms. The molecule has 0 aliphatic rings. The average Bonchev–Trinajstić information content (AvgIpc) is 2.40. The van der Waals surface area contributed by atoms with E-state index in [2.05, 4.69) is 19.8 Å². The van der Waals surface area contributed by atoms with E-state index in [9.17, 15) is 0 Å². The van der Waals surface area contributed by atoms with Crippen molar-refractivity contribution in [1.82, 2.24) is 0 Å². The van der Waals surface area contributed by atoms with Crippen molar-refractivity contribution in [3.8, 4) is 23.8 Å².